The van der Waals surface area contributed by atoms with Crippen LogP contribution in [0.3, 0.4) is 0 Å². The smallest absolute Gasteiger partial charge is 0.308 e. The third-order valence-electron chi connectivity index (χ3n) is 3.72. The van der Waals surface area contributed by atoms with Gasteiger partial charge in [0.05, 0.1) is 19.4 Å². The van der Waals surface area contributed by atoms with E-state index in [-0.39, 0.29) is 12.3 Å². The van der Waals surface area contributed by atoms with Crippen LogP contribution in [0, 0.1) is 5.92 Å². The van der Waals surface area contributed by atoms with Crippen molar-refractivity contribution >= 4 is 27.8 Å². The summed E-state index contributed by atoms with van der Waals surface area (Å²) in [4.78, 5) is 25.1. The fourth-order valence-electron chi connectivity index (χ4n) is 2.49. The van der Waals surface area contributed by atoms with Gasteiger partial charge in [-0.3, -0.25) is 9.59 Å². The molecule has 21 heavy (non-hydrogen) atoms. The number of piperidine rings is 1. The maximum Gasteiger partial charge on any atom is 0.308 e. The van der Waals surface area contributed by atoms with Crippen LogP contribution in [0.25, 0.3) is 0 Å². The van der Waals surface area contributed by atoms with Crippen LogP contribution in [0.1, 0.15) is 18.4 Å². The van der Waals surface area contributed by atoms with Crippen LogP contribution in [0.4, 0.5) is 0 Å². The van der Waals surface area contributed by atoms with Gasteiger partial charge >= 0.3 is 5.97 Å². The van der Waals surface area contributed by atoms with Crippen molar-refractivity contribution in [3.05, 3.63) is 28.2 Å². The standard InChI is InChI=1S/C15H18BrNO4/c1-21-12-4-5-13(16)11(7-12)8-14(18)17-6-2-3-10(9-17)15(19)20/h4-5,7,10H,2-3,6,8-9H2,1H3,(H,19,20). The SMILES string of the molecule is COc1ccc(Br)c(CC(=O)N2CCCC(C(=O)O)C2)c1. The molecule has 0 saturated carbocycles. The van der Waals surface area contributed by atoms with E-state index in [2.05, 4.69) is 15.9 Å². The van der Waals surface area contributed by atoms with E-state index in [4.69, 9.17) is 9.84 Å². The topological polar surface area (TPSA) is 66.8 Å². The number of carbonyl (C=O) groups excluding carboxylic acids is 1. The molecule has 114 valence electrons. The van der Waals surface area contributed by atoms with Gasteiger partial charge in [0.25, 0.3) is 0 Å². The van der Waals surface area contributed by atoms with Crippen molar-refractivity contribution in [3.8, 4) is 5.75 Å². The number of hydrogen-bond donors (Lipinski definition) is 1. The molecule has 0 aliphatic carbocycles. The lowest BCUT2D eigenvalue weighted by Gasteiger charge is -2.31. The molecule has 2 rings (SSSR count). The molecule has 0 bridgehead atoms. The van der Waals surface area contributed by atoms with E-state index in [9.17, 15) is 9.59 Å². The second-order valence-electron chi connectivity index (χ2n) is 5.15. The molecule has 0 spiro atoms. The van der Waals surface area contributed by atoms with Crippen LogP contribution >= 0.6 is 15.9 Å². The average Bonchev–Trinajstić information content (AvgIpc) is 2.49. The highest BCUT2D eigenvalue weighted by Gasteiger charge is 2.28. The number of carboxylic acid groups (broad SMARTS) is 1. The predicted molar refractivity (Wildman–Crippen MR) is 81.3 cm³/mol. The quantitative estimate of drug-likeness (QED) is 0.899. The fraction of sp³-hybridized carbons (Fsp3) is 0.467. The molecule has 1 saturated heterocycles. The number of amides is 1. The summed E-state index contributed by atoms with van der Waals surface area (Å²) in [6, 6.07) is 5.48. The van der Waals surface area contributed by atoms with Crippen LogP contribution < -0.4 is 4.74 Å². The predicted octanol–water partition coefficient (Wildman–Crippen LogP) is 2.32. The Morgan fingerprint density at radius 2 is 2.24 bits per heavy atom. The Hall–Kier alpha value is -1.56. The number of methoxy groups -OCH3 is 1. The van der Waals surface area contributed by atoms with Gasteiger partial charge in [0.2, 0.25) is 5.91 Å². The first-order valence-electron chi connectivity index (χ1n) is 6.84. The first kappa shape index (κ1) is 15.8. The van der Waals surface area contributed by atoms with Gasteiger partial charge in [-0.25, -0.2) is 0 Å². The van der Waals surface area contributed by atoms with Crippen molar-refractivity contribution in [1.82, 2.24) is 4.90 Å². The van der Waals surface area contributed by atoms with E-state index in [0.29, 0.717) is 25.3 Å². The molecule has 6 heteroatoms. The van der Waals surface area contributed by atoms with Gasteiger partial charge in [-0.1, -0.05) is 15.9 Å². The largest absolute Gasteiger partial charge is 0.497 e. The lowest BCUT2D eigenvalue weighted by Crippen LogP contribution is -2.43. The van der Waals surface area contributed by atoms with Crippen molar-refractivity contribution in [1.29, 1.82) is 0 Å². The van der Waals surface area contributed by atoms with E-state index in [1.54, 1.807) is 12.0 Å². The van der Waals surface area contributed by atoms with Crippen LogP contribution in [0.15, 0.2) is 22.7 Å². The van der Waals surface area contributed by atoms with Gasteiger partial charge in [0, 0.05) is 17.6 Å². The first-order chi connectivity index (χ1) is 10.0. The lowest BCUT2D eigenvalue weighted by molar-refractivity contribution is -0.145. The highest BCUT2D eigenvalue weighted by Crippen LogP contribution is 2.24. The number of carboxylic acids is 1. The number of hydrogen-bond acceptors (Lipinski definition) is 3. The van der Waals surface area contributed by atoms with E-state index >= 15 is 0 Å². The first-order valence-corrected chi connectivity index (χ1v) is 7.63. The zero-order valence-corrected chi connectivity index (χ0v) is 13.4. The third-order valence-corrected chi connectivity index (χ3v) is 4.49. The van der Waals surface area contributed by atoms with Crippen molar-refractivity contribution in [2.45, 2.75) is 19.3 Å². The monoisotopic (exact) mass is 355 g/mol. The van der Waals surface area contributed by atoms with E-state index in [1.807, 2.05) is 18.2 Å². The summed E-state index contributed by atoms with van der Waals surface area (Å²) in [6.07, 6.45) is 1.62. The summed E-state index contributed by atoms with van der Waals surface area (Å²) in [5, 5.41) is 9.08. The molecule has 1 aliphatic rings. The minimum Gasteiger partial charge on any atom is -0.497 e. The molecule has 1 aromatic rings. The Kier molecular flexibility index (Phi) is 5.22. The molecule has 1 N–H and O–H groups in total. The summed E-state index contributed by atoms with van der Waals surface area (Å²) in [5.74, 6) is -0.621. The second-order valence-corrected chi connectivity index (χ2v) is 6.01. The van der Waals surface area contributed by atoms with E-state index in [0.717, 1.165) is 16.5 Å². The number of halogens is 1. The van der Waals surface area contributed by atoms with Gasteiger partial charge in [-0.05, 0) is 36.6 Å². The normalized spacial score (nSPS) is 18.4. The van der Waals surface area contributed by atoms with E-state index in [1.165, 1.54) is 0 Å². The lowest BCUT2D eigenvalue weighted by atomic mass is 9.97. The van der Waals surface area contributed by atoms with Crippen molar-refractivity contribution in [2.75, 3.05) is 20.2 Å². The minimum absolute atomic E-state index is 0.0464. The Morgan fingerprint density at radius 1 is 1.48 bits per heavy atom. The van der Waals surface area contributed by atoms with Gasteiger partial charge in [0.1, 0.15) is 5.75 Å². The molecule has 1 amide bonds. The number of benzene rings is 1. The zero-order chi connectivity index (χ0) is 15.4. The summed E-state index contributed by atoms with van der Waals surface area (Å²) in [7, 11) is 1.58. The summed E-state index contributed by atoms with van der Waals surface area (Å²) in [6.45, 7) is 0.931. The number of aliphatic carboxylic acids is 1. The Morgan fingerprint density at radius 3 is 2.90 bits per heavy atom. The number of nitrogens with zero attached hydrogens (tertiary/aromatic N) is 1. The molecule has 0 aromatic heterocycles. The number of ether oxygens (including phenoxy) is 1. The van der Waals surface area contributed by atoms with Crippen LogP contribution in [0.5, 0.6) is 5.75 Å². The Labute approximate surface area is 132 Å². The molecule has 1 atom stereocenters. The molecular formula is C15H18BrNO4. The van der Waals surface area contributed by atoms with Gasteiger partial charge in [-0.15, -0.1) is 0 Å². The third kappa shape index (κ3) is 3.97. The summed E-state index contributed by atoms with van der Waals surface area (Å²) >= 11 is 3.43. The van der Waals surface area contributed by atoms with Crippen LogP contribution in [0.2, 0.25) is 0 Å². The summed E-state index contributed by atoms with van der Waals surface area (Å²) < 4.78 is 6.01. The molecule has 1 unspecified atom stereocenters. The highest BCUT2D eigenvalue weighted by molar-refractivity contribution is 9.10. The minimum atomic E-state index is -0.824. The van der Waals surface area contributed by atoms with Crippen LogP contribution in [-0.2, 0) is 16.0 Å². The van der Waals surface area contributed by atoms with Crippen molar-refractivity contribution < 1.29 is 19.4 Å². The summed E-state index contributed by atoms with van der Waals surface area (Å²) in [5.41, 5.74) is 0.844. The van der Waals surface area contributed by atoms with Gasteiger partial charge in [-0.2, -0.15) is 0 Å². The number of rotatable bonds is 4. The van der Waals surface area contributed by atoms with Crippen molar-refractivity contribution in [2.24, 2.45) is 5.92 Å². The van der Waals surface area contributed by atoms with Gasteiger partial charge in [0.15, 0.2) is 0 Å². The average molecular weight is 356 g/mol. The molecule has 1 fully saturated rings. The molecule has 0 radical (unpaired) electrons. The maximum atomic E-state index is 12.4. The van der Waals surface area contributed by atoms with Gasteiger partial charge < -0.3 is 14.7 Å². The highest BCUT2D eigenvalue weighted by atomic mass is 79.9. The number of likely N-dealkylation sites (tertiary alicyclic amines) is 1. The zero-order valence-electron chi connectivity index (χ0n) is 11.8. The molecular weight excluding hydrogens is 338 g/mol. The van der Waals surface area contributed by atoms with E-state index < -0.39 is 11.9 Å². The molecule has 1 aromatic carbocycles. The maximum absolute atomic E-state index is 12.4. The molecule has 1 heterocycles. The molecule has 5 nitrogen and oxygen atoms in total. The fourth-order valence-corrected chi connectivity index (χ4v) is 2.88. The molecule has 1 aliphatic heterocycles. The van der Waals surface area contributed by atoms with Crippen molar-refractivity contribution in [3.63, 3.8) is 0 Å². The Bertz CT molecular complexity index is 546. The number of carbonyl (C=O) groups is 2. The second kappa shape index (κ2) is 6.93. The van der Waals surface area contributed by atoms with Crippen LogP contribution in [-0.4, -0.2) is 42.1 Å². The Balaban J connectivity index is 2.05.